The quantitative estimate of drug-likeness (QED) is 0.705. The molecule has 0 heterocycles. The van der Waals surface area contributed by atoms with E-state index in [1.165, 1.54) is 32.1 Å². The summed E-state index contributed by atoms with van der Waals surface area (Å²) in [6.07, 6.45) is 6.28. The van der Waals surface area contributed by atoms with E-state index in [-0.39, 0.29) is 17.4 Å². The summed E-state index contributed by atoms with van der Waals surface area (Å²) in [6.45, 7) is 5.26. The summed E-state index contributed by atoms with van der Waals surface area (Å²) in [5.74, 6) is 0. The van der Waals surface area contributed by atoms with E-state index in [1.54, 1.807) is 0 Å². The van der Waals surface area contributed by atoms with Crippen LogP contribution in [-0.4, -0.2) is 18.3 Å². The molecule has 0 unspecified atom stereocenters. The number of aliphatic hydroxyl groups excluding tert-OH is 1. The lowest BCUT2D eigenvalue weighted by atomic mass is 9.59. The van der Waals surface area contributed by atoms with Gasteiger partial charge in [-0.15, -0.1) is 0 Å². The summed E-state index contributed by atoms with van der Waals surface area (Å²) in [6, 6.07) is 0. The van der Waals surface area contributed by atoms with Gasteiger partial charge in [0.1, 0.15) is 0 Å². The zero-order chi connectivity index (χ0) is 9.95. The van der Waals surface area contributed by atoms with E-state index in [4.69, 9.17) is 5.73 Å². The van der Waals surface area contributed by atoms with Gasteiger partial charge in [0.2, 0.25) is 0 Å². The highest BCUT2D eigenvalue weighted by Gasteiger charge is 2.43. The first-order valence-electron chi connectivity index (χ1n) is 5.39. The molecule has 13 heavy (non-hydrogen) atoms. The average Bonchev–Trinajstić information content (AvgIpc) is 2.18. The number of hydrogen-bond donors (Lipinski definition) is 2. The van der Waals surface area contributed by atoms with Gasteiger partial charge in [0.05, 0.1) is 0 Å². The van der Waals surface area contributed by atoms with Crippen molar-refractivity contribution in [3.05, 3.63) is 0 Å². The summed E-state index contributed by atoms with van der Waals surface area (Å²) in [4.78, 5) is 0. The molecule has 0 aromatic rings. The smallest absolute Gasteiger partial charge is 0.0487 e. The minimum Gasteiger partial charge on any atom is -0.396 e. The van der Waals surface area contributed by atoms with E-state index < -0.39 is 0 Å². The molecule has 3 N–H and O–H groups in total. The molecule has 0 saturated heterocycles. The minimum absolute atomic E-state index is 0.0117. The van der Waals surface area contributed by atoms with Crippen LogP contribution in [0.1, 0.15) is 46.0 Å². The van der Waals surface area contributed by atoms with Crippen molar-refractivity contribution in [1.29, 1.82) is 0 Å². The van der Waals surface area contributed by atoms with Crippen LogP contribution in [0.2, 0.25) is 0 Å². The number of hydrogen-bond acceptors (Lipinski definition) is 2. The third-order valence-corrected chi connectivity index (χ3v) is 4.03. The zero-order valence-electron chi connectivity index (χ0n) is 8.97. The predicted molar refractivity (Wildman–Crippen MR) is 55.4 cm³/mol. The molecule has 1 aliphatic rings. The predicted octanol–water partition coefficient (Wildman–Crippen LogP) is 1.91. The van der Waals surface area contributed by atoms with E-state index in [0.29, 0.717) is 0 Å². The standard InChI is InChI=1S/C11H23NO/c1-10(2,9-13)11(8-12)6-4-3-5-7-11/h13H,3-9,12H2,1-2H3. The summed E-state index contributed by atoms with van der Waals surface area (Å²) < 4.78 is 0. The molecular weight excluding hydrogens is 162 g/mol. The maximum absolute atomic E-state index is 9.39. The van der Waals surface area contributed by atoms with Crippen molar-refractivity contribution < 1.29 is 5.11 Å². The highest BCUT2D eigenvalue weighted by molar-refractivity contribution is 4.95. The lowest BCUT2D eigenvalue weighted by Gasteiger charge is -2.48. The first kappa shape index (κ1) is 11.0. The Balaban J connectivity index is 2.78. The first-order valence-corrected chi connectivity index (χ1v) is 5.39. The molecule has 0 aromatic carbocycles. The van der Waals surface area contributed by atoms with Gasteiger partial charge in [-0.2, -0.15) is 0 Å². The molecule has 0 radical (unpaired) electrons. The van der Waals surface area contributed by atoms with Gasteiger partial charge in [0.15, 0.2) is 0 Å². The molecule has 2 nitrogen and oxygen atoms in total. The first-order chi connectivity index (χ1) is 6.08. The highest BCUT2D eigenvalue weighted by Crippen LogP contribution is 2.48. The van der Waals surface area contributed by atoms with E-state index in [2.05, 4.69) is 13.8 Å². The summed E-state index contributed by atoms with van der Waals surface area (Å²) in [5, 5.41) is 9.39. The van der Waals surface area contributed by atoms with Crippen LogP contribution >= 0.6 is 0 Å². The van der Waals surface area contributed by atoms with Crippen LogP contribution in [-0.2, 0) is 0 Å². The van der Waals surface area contributed by atoms with Crippen molar-refractivity contribution in [2.75, 3.05) is 13.2 Å². The normalized spacial score (nSPS) is 23.1. The number of nitrogens with two attached hydrogens (primary N) is 1. The molecular formula is C11H23NO. The third-order valence-electron chi connectivity index (χ3n) is 4.03. The second-order valence-corrected chi connectivity index (χ2v) is 5.09. The highest BCUT2D eigenvalue weighted by atomic mass is 16.3. The van der Waals surface area contributed by atoms with Crippen LogP contribution in [0.4, 0.5) is 0 Å². The van der Waals surface area contributed by atoms with Crippen molar-refractivity contribution in [3.8, 4) is 0 Å². The van der Waals surface area contributed by atoms with Gasteiger partial charge in [-0.3, -0.25) is 0 Å². The molecule has 1 saturated carbocycles. The van der Waals surface area contributed by atoms with E-state index in [9.17, 15) is 5.11 Å². The van der Waals surface area contributed by atoms with E-state index in [0.717, 1.165) is 6.54 Å². The second kappa shape index (κ2) is 3.97. The molecule has 0 spiro atoms. The molecule has 1 rings (SSSR count). The fraction of sp³-hybridized carbons (Fsp3) is 1.00. The topological polar surface area (TPSA) is 46.2 Å². The molecule has 0 bridgehead atoms. The molecule has 1 aliphatic carbocycles. The zero-order valence-corrected chi connectivity index (χ0v) is 8.97. The van der Waals surface area contributed by atoms with Gasteiger partial charge in [0, 0.05) is 6.61 Å². The third kappa shape index (κ3) is 1.89. The van der Waals surface area contributed by atoms with Crippen LogP contribution in [0.15, 0.2) is 0 Å². The van der Waals surface area contributed by atoms with Gasteiger partial charge < -0.3 is 10.8 Å². The van der Waals surface area contributed by atoms with Crippen LogP contribution in [0.3, 0.4) is 0 Å². The second-order valence-electron chi connectivity index (χ2n) is 5.09. The Morgan fingerprint density at radius 1 is 1.23 bits per heavy atom. The van der Waals surface area contributed by atoms with Crippen molar-refractivity contribution in [3.63, 3.8) is 0 Å². The van der Waals surface area contributed by atoms with Crippen LogP contribution < -0.4 is 5.73 Å². The SMILES string of the molecule is CC(C)(CO)C1(CN)CCCCC1. The van der Waals surface area contributed by atoms with E-state index >= 15 is 0 Å². The van der Waals surface area contributed by atoms with Gasteiger partial charge in [0.25, 0.3) is 0 Å². The minimum atomic E-state index is -0.0117. The van der Waals surface area contributed by atoms with Crippen molar-refractivity contribution >= 4 is 0 Å². The van der Waals surface area contributed by atoms with Crippen LogP contribution in [0, 0.1) is 10.8 Å². The Bertz CT molecular complexity index is 159. The molecule has 2 heteroatoms. The average molecular weight is 185 g/mol. The number of rotatable bonds is 3. The van der Waals surface area contributed by atoms with Crippen molar-refractivity contribution in [2.45, 2.75) is 46.0 Å². The maximum atomic E-state index is 9.39. The molecule has 0 atom stereocenters. The largest absolute Gasteiger partial charge is 0.396 e. The molecule has 0 aliphatic heterocycles. The molecule has 78 valence electrons. The summed E-state index contributed by atoms with van der Waals surface area (Å²) >= 11 is 0. The molecule has 0 aromatic heterocycles. The van der Waals surface area contributed by atoms with Crippen molar-refractivity contribution in [2.24, 2.45) is 16.6 Å². The maximum Gasteiger partial charge on any atom is 0.0487 e. The fourth-order valence-electron chi connectivity index (χ4n) is 2.55. The fourth-order valence-corrected chi connectivity index (χ4v) is 2.55. The monoisotopic (exact) mass is 185 g/mol. The molecule has 1 fully saturated rings. The Hall–Kier alpha value is -0.0800. The van der Waals surface area contributed by atoms with Gasteiger partial charge in [-0.25, -0.2) is 0 Å². The lowest BCUT2D eigenvalue weighted by Crippen LogP contribution is -2.47. The number of aliphatic hydroxyl groups is 1. The van der Waals surface area contributed by atoms with E-state index in [1.807, 2.05) is 0 Å². The Morgan fingerprint density at radius 2 is 1.77 bits per heavy atom. The van der Waals surface area contributed by atoms with Gasteiger partial charge in [-0.1, -0.05) is 33.1 Å². The summed E-state index contributed by atoms with van der Waals surface area (Å²) in [7, 11) is 0. The van der Waals surface area contributed by atoms with Gasteiger partial charge in [-0.05, 0) is 30.2 Å². The lowest BCUT2D eigenvalue weighted by molar-refractivity contribution is -0.0124. The molecule has 0 amide bonds. The summed E-state index contributed by atoms with van der Waals surface area (Å²) in [5.41, 5.74) is 6.07. The van der Waals surface area contributed by atoms with Gasteiger partial charge >= 0.3 is 0 Å². The Morgan fingerprint density at radius 3 is 2.15 bits per heavy atom. The van der Waals surface area contributed by atoms with Crippen LogP contribution in [0.25, 0.3) is 0 Å². The Kier molecular flexibility index (Phi) is 3.36. The van der Waals surface area contributed by atoms with Crippen LogP contribution in [0.5, 0.6) is 0 Å². The Labute approximate surface area is 81.5 Å². The van der Waals surface area contributed by atoms with Crippen molar-refractivity contribution in [1.82, 2.24) is 0 Å².